The van der Waals surface area contributed by atoms with Gasteiger partial charge < -0.3 is 24.8 Å². The number of ether oxygens (including phenoxy) is 2. The standard InChI is InChI=1S/C11H22N2O4/c1-9-8-17-10(7-14)6-13(9)11(15)5-12-3-4-16-2/h9-10,12,14H,3-8H2,1-2H3. The maximum absolute atomic E-state index is 11.9. The van der Waals surface area contributed by atoms with Crippen molar-refractivity contribution >= 4 is 5.91 Å². The number of rotatable bonds is 6. The maximum atomic E-state index is 11.9. The van der Waals surface area contributed by atoms with Crippen molar-refractivity contribution in [1.82, 2.24) is 10.2 Å². The summed E-state index contributed by atoms with van der Waals surface area (Å²) >= 11 is 0. The van der Waals surface area contributed by atoms with Gasteiger partial charge in [-0.15, -0.1) is 0 Å². The third kappa shape index (κ3) is 4.59. The van der Waals surface area contributed by atoms with Gasteiger partial charge in [0.2, 0.25) is 5.91 Å². The lowest BCUT2D eigenvalue weighted by molar-refractivity contribution is -0.145. The number of aliphatic hydroxyl groups excluding tert-OH is 1. The molecule has 2 unspecified atom stereocenters. The van der Waals surface area contributed by atoms with Gasteiger partial charge in [0.25, 0.3) is 0 Å². The SMILES string of the molecule is COCCNCC(=O)N1CC(CO)OCC1C. The molecule has 17 heavy (non-hydrogen) atoms. The molecule has 0 spiro atoms. The van der Waals surface area contributed by atoms with Crippen LogP contribution in [0.2, 0.25) is 0 Å². The third-order valence-corrected chi connectivity index (χ3v) is 2.79. The molecule has 0 radical (unpaired) electrons. The van der Waals surface area contributed by atoms with E-state index in [1.165, 1.54) is 0 Å². The molecule has 100 valence electrons. The highest BCUT2D eigenvalue weighted by Gasteiger charge is 2.28. The van der Waals surface area contributed by atoms with E-state index in [9.17, 15) is 4.79 Å². The molecule has 1 amide bonds. The van der Waals surface area contributed by atoms with Crippen LogP contribution in [0, 0.1) is 0 Å². The van der Waals surface area contributed by atoms with Crippen LogP contribution in [0.25, 0.3) is 0 Å². The van der Waals surface area contributed by atoms with Gasteiger partial charge in [0.1, 0.15) is 0 Å². The van der Waals surface area contributed by atoms with E-state index in [1.54, 1.807) is 12.0 Å². The number of carbonyl (C=O) groups excluding carboxylic acids is 1. The van der Waals surface area contributed by atoms with Gasteiger partial charge in [-0.25, -0.2) is 0 Å². The van der Waals surface area contributed by atoms with Crippen LogP contribution in [-0.4, -0.2) is 74.6 Å². The number of nitrogens with one attached hydrogen (secondary N) is 1. The normalized spacial score (nSPS) is 25.0. The zero-order valence-electron chi connectivity index (χ0n) is 10.5. The fraction of sp³-hybridized carbons (Fsp3) is 0.909. The van der Waals surface area contributed by atoms with E-state index in [0.29, 0.717) is 32.8 Å². The van der Waals surface area contributed by atoms with E-state index in [2.05, 4.69) is 5.32 Å². The van der Waals surface area contributed by atoms with Crippen molar-refractivity contribution in [2.75, 3.05) is 46.6 Å². The Labute approximate surface area is 102 Å². The molecular formula is C11H22N2O4. The third-order valence-electron chi connectivity index (χ3n) is 2.79. The van der Waals surface area contributed by atoms with Crippen molar-refractivity contribution in [3.8, 4) is 0 Å². The number of morpholine rings is 1. The second-order valence-electron chi connectivity index (χ2n) is 4.20. The van der Waals surface area contributed by atoms with Crippen molar-refractivity contribution < 1.29 is 19.4 Å². The molecule has 6 heteroatoms. The van der Waals surface area contributed by atoms with Crippen molar-refractivity contribution in [1.29, 1.82) is 0 Å². The van der Waals surface area contributed by atoms with E-state index in [0.717, 1.165) is 0 Å². The van der Waals surface area contributed by atoms with Crippen molar-refractivity contribution in [2.24, 2.45) is 0 Å². The first kappa shape index (κ1) is 14.4. The van der Waals surface area contributed by atoms with Crippen LogP contribution in [0.3, 0.4) is 0 Å². The number of hydrogen-bond acceptors (Lipinski definition) is 5. The molecule has 1 aliphatic rings. The second-order valence-corrected chi connectivity index (χ2v) is 4.20. The first-order valence-corrected chi connectivity index (χ1v) is 5.90. The summed E-state index contributed by atoms with van der Waals surface area (Å²) in [6.07, 6.45) is -0.255. The Bertz CT molecular complexity index is 238. The summed E-state index contributed by atoms with van der Waals surface area (Å²) in [6, 6.07) is 0.0644. The van der Waals surface area contributed by atoms with Gasteiger partial charge in [-0.3, -0.25) is 4.79 Å². The largest absolute Gasteiger partial charge is 0.394 e. The highest BCUT2D eigenvalue weighted by molar-refractivity contribution is 5.78. The summed E-state index contributed by atoms with van der Waals surface area (Å²) in [4.78, 5) is 13.7. The minimum absolute atomic E-state index is 0.0374. The molecule has 1 fully saturated rings. The van der Waals surface area contributed by atoms with Crippen LogP contribution < -0.4 is 5.32 Å². The number of aliphatic hydroxyl groups is 1. The Morgan fingerprint density at radius 3 is 3.06 bits per heavy atom. The monoisotopic (exact) mass is 246 g/mol. The van der Waals surface area contributed by atoms with Crippen LogP contribution in [0.1, 0.15) is 6.92 Å². The van der Waals surface area contributed by atoms with E-state index < -0.39 is 0 Å². The van der Waals surface area contributed by atoms with Crippen LogP contribution in [0.15, 0.2) is 0 Å². The number of nitrogens with zero attached hydrogens (tertiary/aromatic N) is 1. The molecule has 0 saturated carbocycles. The lowest BCUT2D eigenvalue weighted by Crippen LogP contribution is -2.54. The minimum atomic E-state index is -0.255. The average molecular weight is 246 g/mol. The predicted octanol–water partition coefficient (Wildman–Crippen LogP) is -1.17. The Morgan fingerprint density at radius 2 is 2.41 bits per heavy atom. The topological polar surface area (TPSA) is 71.0 Å². The zero-order chi connectivity index (χ0) is 12.7. The first-order valence-electron chi connectivity index (χ1n) is 5.90. The molecule has 0 aromatic carbocycles. The van der Waals surface area contributed by atoms with Crippen LogP contribution in [-0.2, 0) is 14.3 Å². The summed E-state index contributed by atoms with van der Waals surface area (Å²) in [5.41, 5.74) is 0. The zero-order valence-corrected chi connectivity index (χ0v) is 10.5. The lowest BCUT2D eigenvalue weighted by atomic mass is 10.2. The van der Waals surface area contributed by atoms with Gasteiger partial charge in [0.15, 0.2) is 0 Å². The molecule has 6 nitrogen and oxygen atoms in total. The molecule has 1 heterocycles. The molecule has 0 bridgehead atoms. The summed E-state index contributed by atoms with van der Waals surface area (Å²) in [7, 11) is 1.62. The molecule has 2 atom stereocenters. The molecule has 2 N–H and O–H groups in total. The van der Waals surface area contributed by atoms with Crippen molar-refractivity contribution in [3.05, 3.63) is 0 Å². The smallest absolute Gasteiger partial charge is 0.236 e. The molecular weight excluding hydrogens is 224 g/mol. The first-order chi connectivity index (χ1) is 8.19. The summed E-state index contributed by atoms with van der Waals surface area (Å²) < 4.78 is 10.3. The quantitative estimate of drug-likeness (QED) is 0.578. The van der Waals surface area contributed by atoms with E-state index >= 15 is 0 Å². The number of amides is 1. The fourth-order valence-electron chi connectivity index (χ4n) is 1.75. The van der Waals surface area contributed by atoms with E-state index in [1.807, 2.05) is 6.92 Å². The predicted molar refractivity (Wildman–Crippen MR) is 62.7 cm³/mol. The maximum Gasteiger partial charge on any atom is 0.236 e. The van der Waals surface area contributed by atoms with Gasteiger partial charge in [-0.1, -0.05) is 0 Å². The van der Waals surface area contributed by atoms with Crippen LogP contribution in [0.4, 0.5) is 0 Å². The van der Waals surface area contributed by atoms with Gasteiger partial charge in [0.05, 0.1) is 38.5 Å². The number of carbonyl (C=O) groups is 1. The van der Waals surface area contributed by atoms with Crippen LogP contribution >= 0.6 is 0 Å². The van der Waals surface area contributed by atoms with Gasteiger partial charge in [-0.05, 0) is 6.92 Å². The Hall–Kier alpha value is -0.690. The summed E-state index contributed by atoms with van der Waals surface area (Å²) in [6.45, 7) is 4.38. The Balaban J connectivity index is 2.32. The number of hydrogen-bond donors (Lipinski definition) is 2. The van der Waals surface area contributed by atoms with Crippen molar-refractivity contribution in [3.63, 3.8) is 0 Å². The Morgan fingerprint density at radius 1 is 1.65 bits per heavy atom. The fourth-order valence-corrected chi connectivity index (χ4v) is 1.75. The molecule has 1 saturated heterocycles. The van der Waals surface area contributed by atoms with E-state index in [4.69, 9.17) is 14.6 Å². The van der Waals surface area contributed by atoms with Crippen molar-refractivity contribution in [2.45, 2.75) is 19.1 Å². The molecule has 0 aromatic heterocycles. The van der Waals surface area contributed by atoms with Gasteiger partial charge >= 0.3 is 0 Å². The van der Waals surface area contributed by atoms with Gasteiger partial charge in [0, 0.05) is 20.2 Å². The van der Waals surface area contributed by atoms with Gasteiger partial charge in [-0.2, -0.15) is 0 Å². The highest BCUT2D eigenvalue weighted by Crippen LogP contribution is 2.11. The minimum Gasteiger partial charge on any atom is -0.394 e. The molecule has 0 aliphatic carbocycles. The summed E-state index contributed by atoms with van der Waals surface area (Å²) in [5.74, 6) is 0.0374. The number of methoxy groups -OCH3 is 1. The Kier molecular flexibility index (Phi) is 6.43. The molecule has 0 aromatic rings. The van der Waals surface area contributed by atoms with Crippen LogP contribution in [0.5, 0.6) is 0 Å². The highest BCUT2D eigenvalue weighted by atomic mass is 16.5. The second kappa shape index (κ2) is 7.60. The molecule has 1 rings (SSSR count). The average Bonchev–Trinajstić information content (AvgIpc) is 2.35. The van der Waals surface area contributed by atoms with E-state index in [-0.39, 0.29) is 24.7 Å². The summed E-state index contributed by atoms with van der Waals surface area (Å²) in [5, 5.41) is 12.0. The lowest BCUT2D eigenvalue weighted by Gasteiger charge is -2.37. The molecule has 1 aliphatic heterocycles.